The first-order valence-electron chi connectivity index (χ1n) is 4.37. The molecule has 1 aliphatic heterocycles. The summed E-state index contributed by atoms with van der Waals surface area (Å²) in [7, 11) is 0. The summed E-state index contributed by atoms with van der Waals surface area (Å²) in [4.78, 5) is 10.8. The third-order valence-electron chi connectivity index (χ3n) is 1.79. The number of halogens is 3. The van der Waals surface area contributed by atoms with Crippen LogP contribution in [0.5, 0.6) is 0 Å². The number of anilines is 1. The van der Waals surface area contributed by atoms with E-state index in [2.05, 4.69) is 16.4 Å². The molecule has 17 heavy (non-hydrogen) atoms. The lowest BCUT2D eigenvalue weighted by molar-refractivity contribution is -0.0328. The first-order chi connectivity index (χ1) is 7.94. The van der Waals surface area contributed by atoms with Gasteiger partial charge in [0.05, 0.1) is 5.69 Å². The predicted molar refractivity (Wildman–Crippen MR) is 54.6 cm³/mol. The van der Waals surface area contributed by atoms with Crippen molar-refractivity contribution in [1.29, 1.82) is 0 Å². The highest BCUT2D eigenvalue weighted by molar-refractivity contribution is 8.00. The molecule has 1 fully saturated rings. The van der Waals surface area contributed by atoms with E-state index in [4.69, 9.17) is 0 Å². The number of nitrogens with zero attached hydrogens (tertiary/aromatic N) is 2. The van der Waals surface area contributed by atoms with Crippen LogP contribution < -0.4 is 21.5 Å². The Kier molecular flexibility index (Phi) is 3.03. The van der Waals surface area contributed by atoms with Crippen molar-refractivity contribution >= 4 is 23.5 Å². The molecule has 2 N–H and O–H groups in total. The number of rotatable bonds is 2. The summed E-state index contributed by atoms with van der Waals surface area (Å²) in [6.07, 6.45) is 0. The number of alkyl halides is 3. The van der Waals surface area contributed by atoms with Gasteiger partial charge < -0.3 is 0 Å². The average Bonchev–Trinajstić information content (AvgIpc) is 2.63. The van der Waals surface area contributed by atoms with Crippen LogP contribution in [0.15, 0.2) is 29.2 Å². The summed E-state index contributed by atoms with van der Waals surface area (Å²) in [5.74, 6) is 0. The smallest absolute Gasteiger partial charge is 0.243 e. The molecule has 1 aromatic carbocycles. The predicted octanol–water partition coefficient (Wildman–Crippen LogP) is 1.77. The summed E-state index contributed by atoms with van der Waals surface area (Å²) in [6.45, 7) is 0. The van der Waals surface area contributed by atoms with Crippen LogP contribution in [0.1, 0.15) is 0 Å². The van der Waals surface area contributed by atoms with Crippen molar-refractivity contribution in [3.05, 3.63) is 24.3 Å². The number of hydrogen-bond donors (Lipinski definition) is 2. The third-order valence-corrected chi connectivity index (χ3v) is 2.53. The number of amides is 2. The Morgan fingerprint density at radius 1 is 1.24 bits per heavy atom. The fraction of sp³-hybridized carbons (Fsp3) is 0.125. The Hall–Kier alpha value is -1.61. The number of carbonyl (C=O) groups excluding carboxylic acids is 1. The Bertz CT molecular complexity index is 422. The standard InChI is InChI=1S/C8H6F3N4OS/c9-8(10,11)17-6-3-1-5(2-4-6)15-13-7(16)12-14-15/h1-4,14H,(H,13,16). The van der Waals surface area contributed by atoms with Crippen molar-refractivity contribution in [2.24, 2.45) is 0 Å². The summed E-state index contributed by atoms with van der Waals surface area (Å²) in [6, 6.07) is 4.91. The molecule has 0 aliphatic carbocycles. The molecule has 0 spiro atoms. The molecule has 0 saturated carbocycles. The lowest BCUT2D eigenvalue weighted by atomic mass is 10.3. The van der Waals surface area contributed by atoms with Crippen molar-refractivity contribution in [3.8, 4) is 0 Å². The van der Waals surface area contributed by atoms with Crippen LogP contribution in [0, 0.1) is 0 Å². The highest BCUT2D eigenvalue weighted by Crippen LogP contribution is 2.37. The molecule has 0 aromatic heterocycles. The first kappa shape index (κ1) is 11.9. The Morgan fingerprint density at radius 3 is 2.35 bits per heavy atom. The van der Waals surface area contributed by atoms with E-state index in [1.165, 1.54) is 29.4 Å². The molecule has 1 saturated heterocycles. The van der Waals surface area contributed by atoms with Gasteiger partial charge in [-0.2, -0.15) is 18.3 Å². The average molecular weight is 263 g/mol. The second kappa shape index (κ2) is 4.34. The van der Waals surface area contributed by atoms with Crippen LogP contribution in [0.2, 0.25) is 0 Å². The number of carbonyl (C=O) groups is 1. The molecule has 91 valence electrons. The zero-order valence-corrected chi connectivity index (χ0v) is 8.97. The van der Waals surface area contributed by atoms with Crippen LogP contribution in [0.25, 0.3) is 0 Å². The summed E-state index contributed by atoms with van der Waals surface area (Å²) in [5, 5.41) is 1.20. The van der Waals surface area contributed by atoms with E-state index >= 15 is 0 Å². The van der Waals surface area contributed by atoms with E-state index in [0.29, 0.717) is 5.69 Å². The molecule has 0 unspecified atom stereocenters. The molecule has 5 nitrogen and oxygen atoms in total. The number of thioether (sulfide) groups is 1. The topological polar surface area (TPSA) is 58.5 Å². The van der Waals surface area contributed by atoms with Crippen molar-refractivity contribution < 1.29 is 18.0 Å². The lowest BCUT2D eigenvalue weighted by Crippen LogP contribution is -2.39. The largest absolute Gasteiger partial charge is 0.446 e. The molecule has 1 aromatic rings. The molecule has 2 rings (SSSR count). The molecule has 9 heteroatoms. The number of urea groups is 1. The first-order valence-corrected chi connectivity index (χ1v) is 5.19. The molecule has 1 radical (unpaired) electrons. The quantitative estimate of drug-likeness (QED) is 0.798. The SMILES string of the molecule is O=C1[N]NN(c2ccc(SC(F)(F)F)cc2)N1. The Morgan fingerprint density at radius 2 is 1.88 bits per heavy atom. The van der Waals surface area contributed by atoms with Gasteiger partial charge in [0, 0.05) is 4.90 Å². The summed E-state index contributed by atoms with van der Waals surface area (Å²) >= 11 is -0.197. The maximum atomic E-state index is 12.1. The summed E-state index contributed by atoms with van der Waals surface area (Å²) in [5.41, 5.74) is 4.17. The third kappa shape index (κ3) is 3.17. The number of hydrazine groups is 2. The Labute approximate surface area is 98.3 Å². The van der Waals surface area contributed by atoms with Gasteiger partial charge in [-0.3, -0.25) is 0 Å². The lowest BCUT2D eigenvalue weighted by Gasteiger charge is -2.15. The molecular weight excluding hydrogens is 257 g/mol. The van der Waals surface area contributed by atoms with Crippen molar-refractivity contribution in [1.82, 2.24) is 16.4 Å². The van der Waals surface area contributed by atoms with Gasteiger partial charge in [0.2, 0.25) is 0 Å². The van der Waals surface area contributed by atoms with E-state index in [0.717, 1.165) is 0 Å². The highest BCUT2D eigenvalue weighted by Gasteiger charge is 2.29. The van der Waals surface area contributed by atoms with E-state index < -0.39 is 11.5 Å². The molecule has 0 atom stereocenters. The zero-order chi connectivity index (χ0) is 12.5. The maximum absolute atomic E-state index is 12.1. The molecular formula is C8H6F3N4OS. The van der Waals surface area contributed by atoms with Gasteiger partial charge in [-0.05, 0) is 36.0 Å². The van der Waals surface area contributed by atoms with Crippen LogP contribution in [0.3, 0.4) is 0 Å². The fourth-order valence-electron chi connectivity index (χ4n) is 1.16. The number of nitrogens with one attached hydrogen (secondary N) is 2. The Balaban J connectivity index is 2.05. The van der Waals surface area contributed by atoms with Crippen molar-refractivity contribution in [2.75, 3.05) is 5.12 Å². The van der Waals surface area contributed by atoms with Gasteiger partial charge in [-0.15, -0.1) is 5.43 Å². The zero-order valence-electron chi connectivity index (χ0n) is 8.15. The van der Waals surface area contributed by atoms with Gasteiger partial charge >= 0.3 is 11.5 Å². The minimum absolute atomic E-state index is 0.0729. The van der Waals surface area contributed by atoms with Gasteiger partial charge in [0.15, 0.2) is 0 Å². The molecule has 1 aliphatic rings. The minimum atomic E-state index is -4.31. The monoisotopic (exact) mass is 263 g/mol. The van der Waals surface area contributed by atoms with Gasteiger partial charge in [0.25, 0.3) is 0 Å². The van der Waals surface area contributed by atoms with E-state index in [1.807, 2.05) is 0 Å². The second-order valence-electron chi connectivity index (χ2n) is 3.01. The maximum Gasteiger partial charge on any atom is 0.446 e. The van der Waals surface area contributed by atoms with E-state index in [1.54, 1.807) is 0 Å². The van der Waals surface area contributed by atoms with Crippen LogP contribution in [0.4, 0.5) is 23.7 Å². The van der Waals surface area contributed by atoms with Crippen molar-refractivity contribution in [2.45, 2.75) is 10.4 Å². The van der Waals surface area contributed by atoms with E-state index in [-0.39, 0.29) is 16.7 Å². The fourth-order valence-corrected chi connectivity index (χ4v) is 1.70. The molecule has 1 heterocycles. The molecule has 2 amide bonds. The summed E-state index contributed by atoms with van der Waals surface area (Å²) < 4.78 is 36.2. The number of hydrogen-bond acceptors (Lipinski definition) is 4. The van der Waals surface area contributed by atoms with Crippen LogP contribution in [-0.2, 0) is 0 Å². The van der Waals surface area contributed by atoms with Crippen LogP contribution >= 0.6 is 11.8 Å². The molecule has 0 bridgehead atoms. The van der Waals surface area contributed by atoms with Gasteiger partial charge in [-0.1, -0.05) is 5.53 Å². The normalized spacial score (nSPS) is 15.7. The van der Waals surface area contributed by atoms with Crippen molar-refractivity contribution in [3.63, 3.8) is 0 Å². The number of benzene rings is 1. The van der Waals surface area contributed by atoms with Crippen LogP contribution in [-0.4, -0.2) is 11.5 Å². The minimum Gasteiger partial charge on any atom is -0.243 e. The van der Waals surface area contributed by atoms with Gasteiger partial charge in [0.1, 0.15) is 0 Å². The highest BCUT2D eigenvalue weighted by atomic mass is 32.2. The second-order valence-corrected chi connectivity index (χ2v) is 4.14. The van der Waals surface area contributed by atoms with Gasteiger partial charge in [-0.25, -0.2) is 10.2 Å². The van der Waals surface area contributed by atoms with E-state index in [9.17, 15) is 18.0 Å².